The molecule has 2 heterocycles. The molecular formula is C19H36IN7O2. The lowest BCUT2D eigenvalue weighted by atomic mass is 10.2. The molecule has 0 spiro atoms. The van der Waals surface area contributed by atoms with Crippen molar-refractivity contribution in [2.75, 3.05) is 60.0 Å². The van der Waals surface area contributed by atoms with Gasteiger partial charge < -0.3 is 24.8 Å². The summed E-state index contributed by atoms with van der Waals surface area (Å²) >= 11 is 0. The van der Waals surface area contributed by atoms with Crippen molar-refractivity contribution in [3.63, 3.8) is 0 Å². The highest BCUT2D eigenvalue weighted by molar-refractivity contribution is 14.0. The van der Waals surface area contributed by atoms with Gasteiger partial charge in [-0.3, -0.25) is 14.7 Å². The van der Waals surface area contributed by atoms with Gasteiger partial charge in [0.25, 0.3) is 0 Å². The Bertz CT molecular complexity index is 628. The number of amides is 1. The van der Waals surface area contributed by atoms with Crippen LogP contribution < -0.4 is 10.6 Å². The van der Waals surface area contributed by atoms with E-state index in [-0.39, 0.29) is 29.9 Å². The zero-order chi connectivity index (χ0) is 20.4. The Morgan fingerprint density at radius 1 is 1.28 bits per heavy atom. The van der Waals surface area contributed by atoms with E-state index in [0.29, 0.717) is 32.2 Å². The highest BCUT2D eigenvalue weighted by Crippen LogP contribution is 2.05. The first-order valence-corrected chi connectivity index (χ1v) is 9.97. The fourth-order valence-corrected chi connectivity index (χ4v) is 3.23. The van der Waals surface area contributed by atoms with Crippen LogP contribution in [0.3, 0.4) is 0 Å². The van der Waals surface area contributed by atoms with Crippen LogP contribution >= 0.6 is 24.0 Å². The van der Waals surface area contributed by atoms with Crippen LogP contribution in [0, 0.1) is 5.92 Å². The number of ether oxygens (including phenoxy) is 1. The average molecular weight is 521 g/mol. The Kier molecular flexibility index (Phi) is 12.2. The molecule has 1 fully saturated rings. The van der Waals surface area contributed by atoms with Crippen LogP contribution in [0.1, 0.15) is 19.7 Å². The lowest BCUT2D eigenvalue weighted by Gasteiger charge is -2.36. The van der Waals surface area contributed by atoms with E-state index in [1.54, 1.807) is 14.2 Å². The third-order valence-corrected chi connectivity index (χ3v) is 4.65. The summed E-state index contributed by atoms with van der Waals surface area (Å²) < 4.78 is 7.14. The minimum absolute atomic E-state index is 0. The van der Waals surface area contributed by atoms with Crippen molar-refractivity contribution < 1.29 is 9.53 Å². The van der Waals surface area contributed by atoms with Crippen LogP contribution in [0.15, 0.2) is 17.4 Å². The van der Waals surface area contributed by atoms with E-state index in [4.69, 9.17) is 4.74 Å². The van der Waals surface area contributed by atoms with Crippen molar-refractivity contribution >= 4 is 35.8 Å². The predicted octanol–water partition coefficient (Wildman–Crippen LogP) is 0.613. The fourth-order valence-electron chi connectivity index (χ4n) is 3.23. The normalized spacial score (nSPS) is 15.3. The monoisotopic (exact) mass is 521 g/mol. The van der Waals surface area contributed by atoms with Gasteiger partial charge in [-0.25, -0.2) is 4.98 Å². The molecule has 29 heavy (non-hydrogen) atoms. The van der Waals surface area contributed by atoms with Crippen molar-refractivity contribution in [3.05, 3.63) is 18.2 Å². The molecule has 0 unspecified atom stereocenters. The zero-order valence-corrected chi connectivity index (χ0v) is 20.4. The minimum atomic E-state index is 0. The summed E-state index contributed by atoms with van der Waals surface area (Å²) in [5.74, 6) is 2.52. The number of imidazole rings is 1. The maximum Gasteiger partial charge on any atom is 0.234 e. The van der Waals surface area contributed by atoms with Crippen LogP contribution in [0.5, 0.6) is 0 Å². The zero-order valence-electron chi connectivity index (χ0n) is 18.1. The number of nitrogens with one attached hydrogen (secondary N) is 2. The van der Waals surface area contributed by atoms with Gasteiger partial charge in [-0.2, -0.15) is 0 Å². The molecular weight excluding hydrogens is 485 g/mol. The number of piperazine rings is 1. The molecule has 0 saturated carbocycles. The van der Waals surface area contributed by atoms with Crippen molar-refractivity contribution in [2.24, 2.45) is 10.9 Å². The van der Waals surface area contributed by atoms with Crippen molar-refractivity contribution in [1.29, 1.82) is 0 Å². The van der Waals surface area contributed by atoms with Crippen molar-refractivity contribution in [1.82, 2.24) is 30.0 Å². The number of carbonyl (C=O) groups excluding carboxylic acids is 1. The second kappa shape index (κ2) is 13.8. The second-order valence-electron chi connectivity index (χ2n) is 7.40. The van der Waals surface area contributed by atoms with Gasteiger partial charge in [0.05, 0.1) is 19.7 Å². The van der Waals surface area contributed by atoms with Gasteiger partial charge in [0, 0.05) is 65.8 Å². The number of aromatic nitrogens is 2. The number of hydrogen-bond donors (Lipinski definition) is 2. The Hall–Kier alpha value is -1.40. The van der Waals surface area contributed by atoms with E-state index in [0.717, 1.165) is 44.5 Å². The topological polar surface area (TPSA) is 87.0 Å². The van der Waals surface area contributed by atoms with Gasteiger partial charge in [-0.05, 0) is 5.92 Å². The SMILES string of the molecule is CN=C(NCc1nccn1CC(C)C)N1CCN(CC(=O)NCCOC)CC1.I. The molecule has 0 bridgehead atoms. The third-order valence-electron chi connectivity index (χ3n) is 4.65. The molecule has 9 nitrogen and oxygen atoms in total. The van der Waals surface area contributed by atoms with E-state index in [1.165, 1.54) is 0 Å². The van der Waals surface area contributed by atoms with E-state index in [9.17, 15) is 4.79 Å². The quantitative estimate of drug-likeness (QED) is 0.215. The van der Waals surface area contributed by atoms with Crippen LogP contribution in [-0.2, 0) is 22.6 Å². The number of nitrogens with zero attached hydrogens (tertiary/aromatic N) is 5. The first kappa shape index (κ1) is 25.6. The Morgan fingerprint density at radius 2 is 2.00 bits per heavy atom. The number of halogens is 1. The van der Waals surface area contributed by atoms with E-state index < -0.39 is 0 Å². The van der Waals surface area contributed by atoms with E-state index in [1.807, 2.05) is 12.4 Å². The van der Waals surface area contributed by atoms with Crippen LogP contribution in [-0.4, -0.2) is 91.3 Å². The second-order valence-corrected chi connectivity index (χ2v) is 7.40. The number of carbonyl (C=O) groups is 1. The Balaban J connectivity index is 0.00000420. The fraction of sp³-hybridized carbons (Fsp3) is 0.737. The molecule has 166 valence electrons. The summed E-state index contributed by atoms with van der Waals surface area (Å²) in [7, 11) is 3.43. The summed E-state index contributed by atoms with van der Waals surface area (Å²) in [6, 6.07) is 0. The highest BCUT2D eigenvalue weighted by atomic mass is 127. The summed E-state index contributed by atoms with van der Waals surface area (Å²) in [6.45, 7) is 10.9. The Labute approximate surface area is 191 Å². The molecule has 0 atom stereocenters. The smallest absolute Gasteiger partial charge is 0.234 e. The van der Waals surface area contributed by atoms with Crippen molar-refractivity contribution in [3.8, 4) is 0 Å². The molecule has 0 aromatic carbocycles. The van der Waals surface area contributed by atoms with Gasteiger partial charge in [-0.15, -0.1) is 24.0 Å². The number of rotatable bonds is 9. The Morgan fingerprint density at radius 3 is 2.62 bits per heavy atom. The van der Waals surface area contributed by atoms with E-state index in [2.05, 4.69) is 48.8 Å². The molecule has 10 heteroatoms. The minimum Gasteiger partial charge on any atom is -0.383 e. The molecule has 1 aromatic rings. The highest BCUT2D eigenvalue weighted by Gasteiger charge is 2.21. The summed E-state index contributed by atoms with van der Waals surface area (Å²) in [5, 5.41) is 6.29. The van der Waals surface area contributed by atoms with Crippen LogP contribution in [0.2, 0.25) is 0 Å². The van der Waals surface area contributed by atoms with Crippen LogP contribution in [0.4, 0.5) is 0 Å². The lowest BCUT2D eigenvalue weighted by Crippen LogP contribution is -2.54. The summed E-state index contributed by atoms with van der Waals surface area (Å²) in [5.41, 5.74) is 0. The van der Waals surface area contributed by atoms with Gasteiger partial charge in [0.1, 0.15) is 5.82 Å². The predicted molar refractivity (Wildman–Crippen MR) is 126 cm³/mol. The summed E-state index contributed by atoms with van der Waals surface area (Å²) in [6.07, 6.45) is 3.87. The molecule has 2 rings (SSSR count). The molecule has 2 N–H and O–H groups in total. The molecule has 1 saturated heterocycles. The molecule has 1 aromatic heterocycles. The maximum absolute atomic E-state index is 11.9. The maximum atomic E-state index is 11.9. The van der Waals surface area contributed by atoms with Gasteiger partial charge in [-0.1, -0.05) is 13.8 Å². The third kappa shape index (κ3) is 8.87. The van der Waals surface area contributed by atoms with Gasteiger partial charge in [0.15, 0.2) is 5.96 Å². The molecule has 0 aliphatic carbocycles. The lowest BCUT2D eigenvalue weighted by molar-refractivity contribution is -0.122. The first-order valence-electron chi connectivity index (χ1n) is 9.97. The first-order chi connectivity index (χ1) is 13.5. The number of methoxy groups -OCH3 is 1. The molecule has 1 amide bonds. The molecule has 0 radical (unpaired) electrons. The van der Waals surface area contributed by atoms with Gasteiger partial charge >= 0.3 is 0 Å². The number of aliphatic imine (C=N–C) groups is 1. The van der Waals surface area contributed by atoms with Crippen molar-refractivity contribution in [2.45, 2.75) is 26.9 Å². The van der Waals surface area contributed by atoms with E-state index >= 15 is 0 Å². The average Bonchev–Trinajstić information content (AvgIpc) is 3.10. The summed E-state index contributed by atoms with van der Waals surface area (Å²) in [4.78, 5) is 25.2. The number of hydrogen-bond acceptors (Lipinski definition) is 5. The molecule has 1 aliphatic heterocycles. The molecule has 1 aliphatic rings. The standard InChI is InChI=1S/C19H35N7O2.HI/c1-16(2)14-26-7-5-21-17(26)13-23-19(20-3)25-10-8-24(9-11-25)15-18(27)22-6-12-28-4;/h5,7,16H,6,8-15H2,1-4H3,(H,20,23)(H,22,27);1H. The van der Waals surface area contributed by atoms with Gasteiger partial charge in [0.2, 0.25) is 5.91 Å². The number of guanidine groups is 1. The largest absolute Gasteiger partial charge is 0.383 e. The van der Waals surface area contributed by atoms with Crippen LogP contribution in [0.25, 0.3) is 0 Å².